The number of nitrogens with zero attached hydrogens (tertiary/aromatic N) is 1. The van der Waals surface area contributed by atoms with Crippen molar-refractivity contribution in [3.05, 3.63) is 29.3 Å². The minimum atomic E-state index is -0.553. The van der Waals surface area contributed by atoms with Crippen molar-refractivity contribution in [3.8, 4) is 0 Å². The fourth-order valence-corrected chi connectivity index (χ4v) is 2.32. The van der Waals surface area contributed by atoms with Crippen LogP contribution in [0.25, 0.3) is 0 Å². The molecule has 1 atom stereocenters. The molecule has 20 heavy (non-hydrogen) atoms. The van der Waals surface area contributed by atoms with E-state index < -0.39 is 12.0 Å². The van der Waals surface area contributed by atoms with Gasteiger partial charge in [0.05, 0.1) is 5.69 Å². The minimum Gasteiger partial charge on any atom is -0.341 e. The van der Waals surface area contributed by atoms with Crippen LogP contribution in [-0.2, 0) is 14.4 Å². The lowest BCUT2D eigenvalue weighted by molar-refractivity contribution is -0.150. The van der Waals surface area contributed by atoms with Crippen molar-refractivity contribution in [3.63, 3.8) is 0 Å². The maximum absolute atomic E-state index is 11.9. The molecule has 1 fully saturated rings. The Hall–Kier alpha value is -2.04. The topological polar surface area (TPSA) is 58.6 Å². The van der Waals surface area contributed by atoms with Crippen LogP contribution in [0.4, 0.5) is 5.69 Å². The molecule has 1 saturated heterocycles. The number of rotatable bonds is 4. The van der Waals surface area contributed by atoms with Gasteiger partial charge in [-0.2, -0.15) is 0 Å². The van der Waals surface area contributed by atoms with Gasteiger partial charge in [-0.05, 0) is 38.8 Å². The summed E-state index contributed by atoms with van der Waals surface area (Å²) in [5.74, 6) is -0.429. The normalized spacial score (nSPS) is 16.1. The Kier molecular flexibility index (Phi) is 4.27. The summed E-state index contributed by atoms with van der Waals surface area (Å²) in [4.78, 5) is 30.2. The SMILES string of the molecule is Cc1ccc(NOC(=O)C(C)N2CCCC2=O)c(C)c1. The summed E-state index contributed by atoms with van der Waals surface area (Å²) < 4.78 is 0. The molecule has 5 nitrogen and oxygen atoms in total. The van der Waals surface area contributed by atoms with E-state index >= 15 is 0 Å². The first-order chi connectivity index (χ1) is 9.49. The van der Waals surface area contributed by atoms with Crippen molar-refractivity contribution in [1.82, 2.24) is 4.90 Å². The van der Waals surface area contributed by atoms with Crippen LogP contribution in [0.15, 0.2) is 18.2 Å². The zero-order valence-corrected chi connectivity index (χ0v) is 12.1. The molecule has 0 aliphatic carbocycles. The summed E-state index contributed by atoms with van der Waals surface area (Å²) in [7, 11) is 0. The highest BCUT2D eigenvalue weighted by Crippen LogP contribution is 2.17. The van der Waals surface area contributed by atoms with Crippen LogP contribution in [0.1, 0.15) is 30.9 Å². The third-order valence-electron chi connectivity index (χ3n) is 3.56. The van der Waals surface area contributed by atoms with Gasteiger partial charge in [0.15, 0.2) is 0 Å². The molecule has 1 unspecified atom stereocenters. The predicted octanol–water partition coefficient (Wildman–Crippen LogP) is 2.18. The Labute approximate surface area is 118 Å². The Balaban J connectivity index is 1.93. The van der Waals surface area contributed by atoms with Crippen molar-refractivity contribution in [1.29, 1.82) is 0 Å². The second-order valence-corrected chi connectivity index (χ2v) is 5.21. The Morgan fingerprint density at radius 3 is 2.75 bits per heavy atom. The molecule has 0 saturated carbocycles. The van der Waals surface area contributed by atoms with Crippen LogP contribution in [0.5, 0.6) is 0 Å². The largest absolute Gasteiger partial charge is 0.354 e. The zero-order valence-electron chi connectivity index (χ0n) is 12.1. The molecule has 5 heteroatoms. The molecule has 1 heterocycles. The van der Waals surface area contributed by atoms with Crippen LogP contribution in [0, 0.1) is 13.8 Å². The Morgan fingerprint density at radius 2 is 2.15 bits per heavy atom. The van der Waals surface area contributed by atoms with Gasteiger partial charge in [0, 0.05) is 13.0 Å². The van der Waals surface area contributed by atoms with E-state index in [9.17, 15) is 9.59 Å². The summed E-state index contributed by atoms with van der Waals surface area (Å²) in [5, 5.41) is 0. The van der Waals surface area contributed by atoms with Crippen molar-refractivity contribution in [2.75, 3.05) is 12.0 Å². The maximum atomic E-state index is 11.9. The van der Waals surface area contributed by atoms with E-state index in [2.05, 4.69) is 5.48 Å². The number of carbonyl (C=O) groups is 2. The monoisotopic (exact) mass is 276 g/mol. The predicted molar refractivity (Wildman–Crippen MR) is 76.0 cm³/mol. The lowest BCUT2D eigenvalue weighted by Gasteiger charge is -2.22. The zero-order chi connectivity index (χ0) is 14.7. The van der Waals surface area contributed by atoms with Crippen LogP contribution in [-0.4, -0.2) is 29.4 Å². The maximum Gasteiger partial charge on any atom is 0.354 e. The lowest BCUT2D eigenvalue weighted by atomic mass is 10.1. The molecule has 1 amide bonds. The van der Waals surface area contributed by atoms with E-state index in [1.807, 2.05) is 32.0 Å². The molecule has 0 spiro atoms. The third kappa shape index (κ3) is 3.10. The average molecular weight is 276 g/mol. The summed E-state index contributed by atoms with van der Waals surface area (Å²) in [5.41, 5.74) is 5.58. The van der Waals surface area contributed by atoms with Gasteiger partial charge < -0.3 is 9.74 Å². The number of hydrogen-bond acceptors (Lipinski definition) is 4. The molecule has 1 N–H and O–H groups in total. The number of anilines is 1. The number of aryl methyl sites for hydroxylation is 2. The van der Waals surface area contributed by atoms with Crippen LogP contribution < -0.4 is 5.48 Å². The highest BCUT2D eigenvalue weighted by atomic mass is 16.7. The minimum absolute atomic E-state index is 0.0148. The number of carbonyl (C=O) groups excluding carboxylic acids is 2. The quantitative estimate of drug-likeness (QED) is 0.856. The van der Waals surface area contributed by atoms with Crippen LogP contribution >= 0.6 is 0 Å². The van der Waals surface area contributed by atoms with Crippen molar-refractivity contribution >= 4 is 17.6 Å². The molecule has 0 aromatic heterocycles. The fraction of sp³-hybridized carbons (Fsp3) is 0.467. The smallest absolute Gasteiger partial charge is 0.341 e. The molecule has 1 aromatic rings. The second-order valence-electron chi connectivity index (χ2n) is 5.21. The fourth-order valence-electron chi connectivity index (χ4n) is 2.32. The highest BCUT2D eigenvalue weighted by Gasteiger charge is 2.30. The van der Waals surface area contributed by atoms with E-state index in [0.29, 0.717) is 13.0 Å². The van der Waals surface area contributed by atoms with Gasteiger partial charge in [-0.1, -0.05) is 17.7 Å². The van der Waals surface area contributed by atoms with E-state index in [1.165, 1.54) is 0 Å². The molecule has 0 radical (unpaired) electrons. The molecule has 1 aromatic carbocycles. The highest BCUT2D eigenvalue weighted by molar-refractivity contribution is 5.85. The third-order valence-corrected chi connectivity index (χ3v) is 3.56. The first-order valence-corrected chi connectivity index (χ1v) is 6.82. The summed E-state index contributed by atoms with van der Waals surface area (Å²) in [6.07, 6.45) is 1.32. The second kappa shape index (κ2) is 5.94. The molecule has 1 aliphatic rings. The molecule has 1 aliphatic heterocycles. The van der Waals surface area contributed by atoms with Gasteiger partial charge in [0.2, 0.25) is 5.91 Å². The molecular formula is C15H20N2O3. The Morgan fingerprint density at radius 1 is 1.40 bits per heavy atom. The van der Waals surface area contributed by atoms with Gasteiger partial charge in [0.25, 0.3) is 0 Å². The van der Waals surface area contributed by atoms with Crippen LogP contribution in [0.3, 0.4) is 0 Å². The van der Waals surface area contributed by atoms with Crippen molar-refractivity contribution in [2.45, 2.75) is 39.7 Å². The molecular weight excluding hydrogens is 256 g/mol. The van der Waals surface area contributed by atoms with Crippen molar-refractivity contribution < 1.29 is 14.4 Å². The molecule has 108 valence electrons. The molecule has 0 bridgehead atoms. The number of amides is 1. The number of likely N-dealkylation sites (tertiary alicyclic amines) is 1. The first-order valence-electron chi connectivity index (χ1n) is 6.82. The van der Waals surface area contributed by atoms with Gasteiger partial charge in [-0.25, -0.2) is 10.3 Å². The Bertz CT molecular complexity index is 528. The van der Waals surface area contributed by atoms with Crippen LogP contribution in [0.2, 0.25) is 0 Å². The van der Waals surface area contributed by atoms with E-state index in [1.54, 1.807) is 11.8 Å². The van der Waals surface area contributed by atoms with E-state index in [0.717, 1.165) is 23.2 Å². The molecule has 2 rings (SSSR count). The van der Waals surface area contributed by atoms with Gasteiger partial charge in [-0.3, -0.25) is 4.79 Å². The summed E-state index contributed by atoms with van der Waals surface area (Å²) in [6.45, 7) is 6.26. The first kappa shape index (κ1) is 14.4. The lowest BCUT2D eigenvalue weighted by Crippen LogP contribution is -2.41. The summed E-state index contributed by atoms with van der Waals surface area (Å²) in [6, 6.07) is 5.26. The number of nitrogens with one attached hydrogen (secondary N) is 1. The van der Waals surface area contributed by atoms with E-state index in [-0.39, 0.29) is 5.91 Å². The number of hydrogen-bond donors (Lipinski definition) is 1. The van der Waals surface area contributed by atoms with Crippen molar-refractivity contribution in [2.24, 2.45) is 0 Å². The van der Waals surface area contributed by atoms with Gasteiger partial charge in [0.1, 0.15) is 6.04 Å². The number of benzene rings is 1. The van der Waals surface area contributed by atoms with Gasteiger partial charge >= 0.3 is 5.97 Å². The van der Waals surface area contributed by atoms with Gasteiger partial charge in [-0.15, -0.1) is 0 Å². The average Bonchev–Trinajstić information content (AvgIpc) is 2.82. The standard InChI is InChI=1S/C15H20N2O3/c1-10-6-7-13(11(2)9-10)16-20-15(19)12(3)17-8-4-5-14(17)18/h6-7,9,12,16H,4-5,8H2,1-3H3. The van der Waals surface area contributed by atoms with E-state index in [4.69, 9.17) is 4.84 Å². The summed E-state index contributed by atoms with van der Waals surface area (Å²) >= 11 is 0.